The zero-order valence-electron chi connectivity index (χ0n) is 15.0. The average molecular weight is 527 g/mol. The molecule has 1 aliphatic carbocycles. The maximum atomic E-state index is 12.4. The molecule has 2 N–H and O–H groups in total. The first-order chi connectivity index (χ1) is 13.5. The van der Waals surface area contributed by atoms with Crippen molar-refractivity contribution in [1.82, 2.24) is 4.98 Å². The molecule has 146 valence electrons. The number of benzene rings is 2. The highest BCUT2D eigenvalue weighted by atomic mass is 79.9. The lowest BCUT2D eigenvalue weighted by atomic mass is 10.1. The first kappa shape index (κ1) is 19.8. The summed E-state index contributed by atoms with van der Waals surface area (Å²) >= 11 is 13.5. The summed E-state index contributed by atoms with van der Waals surface area (Å²) in [7, 11) is 0. The largest absolute Gasteiger partial charge is 0.486 e. The molecule has 1 fully saturated rings. The minimum Gasteiger partial charge on any atom is -0.486 e. The van der Waals surface area contributed by atoms with E-state index in [0.717, 1.165) is 62.7 Å². The van der Waals surface area contributed by atoms with Crippen molar-refractivity contribution in [3.05, 3.63) is 56.1 Å². The van der Waals surface area contributed by atoms with E-state index in [4.69, 9.17) is 16.3 Å². The van der Waals surface area contributed by atoms with E-state index in [1.807, 2.05) is 36.4 Å². The van der Waals surface area contributed by atoms with Crippen LogP contribution >= 0.6 is 43.5 Å². The highest BCUT2D eigenvalue weighted by molar-refractivity contribution is 9.11. The number of carbonyl (C=O) groups excluding carboxylic acids is 1. The fourth-order valence-corrected chi connectivity index (χ4v) is 4.99. The van der Waals surface area contributed by atoms with E-state index in [2.05, 4.69) is 42.2 Å². The zero-order valence-corrected chi connectivity index (χ0v) is 19.0. The van der Waals surface area contributed by atoms with Gasteiger partial charge in [0.25, 0.3) is 0 Å². The molecule has 0 radical (unpaired) electrons. The molecule has 0 aliphatic heterocycles. The monoisotopic (exact) mass is 524 g/mol. The molecule has 1 saturated carbocycles. The van der Waals surface area contributed by atoms with Gasteiger partial charge in [-0.05, 0) is 65.2 Å². The number of amides is 1. The number of ether oxygens (including phenoxy) is 1. The lowest BCUT2D eigenvalue weighted by molar-refractivity contribution is -0.119. The Balaban J connectivity index is 1.50. The number of carbonyl (C=O) groups is 1. The van der Waals surface area contributed by atoms with Crippen LogP contribution in [0.2, 0.25) is 5.02 Å². The molecule has 7 heteroatoms. The van der Waals surface area contributed by atoms with Gasteiger partial charge >= 0.3 is 0 Å². The molecule has 0 bridgehead atoms. The SMILES string of the molecule is O=C(Nc1ccc2[nH]c(COc3ccc(Br)cc3Br)c(Cl)c2c1)C1CCCC1. The third-order valence-electron chi connectivity index (χ3n) is 5.07. The molecule has 0 atom stereocenters. The summed E-state index contributed by atoms with van der Waals surface area (Å²) in [5.41, 5.74) is 2.48. The molecule has 1 aliphatic rings. The van der Waals surface area contributed by atoms with Gasteiger partial charge in [0.1, 0.15) is 12.4 Å². The Hall–Kier alpha value is -1.50. The number of hydrogen-bond acceptors (Lipinski definition) is 2. The van der Waals surface area contributed by atoms with Crippen molar-refractivity contribution in [2.45, 2.75) is 32.3 Å². The number of H-pyrrole nitrogens is 1. The summed E-state index contributed by atoms with van der Waals surface area (Å²) in [6.45, 7) is 0.317. The normalized spacial score (nSPS) is 14.5. The minimum absolute atomic E-state index is 0.104. The smallest absolute Gasteiger partial charge is 0.227 e. The zero-order chi connectivity index (χ0) is 19.7. The molecule has 1 amide bonds. The second-order valence-electron chi connectivity index (χ2n) is 7.01. The Morgan fingerprint density at radius 2 is 1.96 bits per heavy atom. The topological polar surface area (TPSA) is 54.1 Å². The third kappa shape index (κ3) is 4.24. The van der Waals surface area contributed by atoms with Crippen LogP contribution in [0.5, 0.6) is 5.75 Å². The molecule has 0 unspecified atom stereocenters. The standard InChI is InChI=1S/C21H19Br2ClN2O2/c22-13-5-8-19(16(23)9-13)28-11-18-20(24)15-10-14(6-7-17(15)26-18)25-21(27)12-3-1-2-4-12/h5-10,12,26H,1-4,11H2,(H,25,27). The predicted molar refractivity (Wildman–Crippen MR) is 120 cm³/mol. The van der Waals surface area contributed by atoms with Gasteiger partial charge in [-0.25, -0.2) is 0 Å². The first-order valence-electron chi connectivity index (χ1n) is 9.20. The van der Waals surface area contributed by atoms with Crippen molar-refractivity contribution >= 4 is 66.0 Å². The van der Waals surface area contributed by atoms with Crippen LogP contribution in [-0.4, -0.2) is 10.9 Å². The number of halogens is 3. The van der Waals surface area contributed by atoms with E-state index in [0.29, 0.717) is 11.6 Å². The maximum Gasteiger partial charge on any atom is 0.227 e. The average Bonchev–Trinajstić information content (AvgIpc) is 3.30. The van der Waals surface area contributed by atoms with Crippen molar-refractivity contribution in [2.24, 2.45) is 5.92 Å². The highest BCUT2D eigenvalue weighted by Crippen LogP contribution is 2.33. The predicted octanol–water partition coefficient (Wildman–Crippen LogP) is 7.05. The second kappa shape index (κ2) is 8.47. The Bertz CT molecular complexity index is 1030. The number of aromatic amines is 1. The van der Waals surface area contributed by atoms with Crippen molar-refractivity contribution in [1.29, 1.82) is 0 Å². The van der Waals surface area contributed by atoms with Gasteiger partial charge in [-0.15, -0.1) is 0 Å². The summed E-state index contributed by atoms with van der Waals surface area (Å²) in [6, 6.07) is 11.5. The molecule has 1 aromatic heterocycles. The number of hydrogen-bond donors (Lipinski definition) is 2. The highest BCUT2D eigenvalue weighted by Gasteiger charge is 2.22. The second-order valence-corrected chi connectivity index (χ2v) is 9.16. The van der Waals surface area contributed by atoms with E-state index in [-0.39, 0.29) is 11.8 Å². The Kier molecular flexibility index (Phi) is 5.99. The number of anilines is 1. The van der Waals surface area contributed by atoms with E-state index in [9.17, 15) is 4.79 Å². The molecule has 3 aromatic rings. The van der Waals surface area contributed by atoms with Crippen molar-refractivity contribution in [2.75, 3.05) is 5.32 Å². The van der Waals surface area contributed by atoms with Crippen molar-refractivity contribution in [3.63, 3.8) is 0 Å². The molecule has 4 rings (SSSR count). The molecule has 28 heavy (non-hydrogen) atoms. The van der Waals surface area contributed by atoms with Crippen LogP contribution < -0.4 is 10.1 Å². The van der Waals surface area contributed by atoms with Gasteiger partial charge in [-0.3, -0.25) is 4.79 Å². The number of rotatable bonds is 5. The van der Waals surface area contributed by atoms with Crippen LogP contribution in [-0.2, 0) is 11.4 Å². The summed E-state index contributed by atoms with van der Waals surface area (Å²) in [5.74, 6) is 0.973. The van der Waals surface area contributed by atoms with Crippen LogP contribution in [0.4, 0.5) is 5.69 Å². The van der Waals surface area contributed by atoms with Gasteiger partial charge in [0.2, 0.25) is 5.91 Å². The number of fused-ring (bicyclic) bond motifs is 1. The van der Waals surface area contributed by atoms with Crippen molar-refractivity contribution < 1.29 is 9.53 Å². The van der Waals surface area contributed by atoms with E-state index < -0.39 is 0 Å². The quantitative estimate of drug-likeness (QED) is 0.374. The molecule has 0 saturated heterocycles. The van der Waals surface area contributed by atoms with E-state index in [1.54, 1.807) is 0 Å². The van der Waals surface area contributed by atoms with Gasteiger partial charge in [0.05, 0.1) is 15.2 Å². The summed E-state index contributed by atoms with van der Waals surface area (Å²) in [6.07, 6.45) is 4.23. The lowest BCUT2D eigenvalue weighted by Gasteiger charge is -2.10. The molecule has 0 spiro atoms. The molecule has 4 nitrogen and oxygen atoms in total. The van der Waals surface area contributed by atoms with Gasteiger partial charge in [0.15, 0.2) is 0 Å². The van der Waals surface area contributed by atoms with Crippen LogP contribution in [0.25, 0.3) is 10.9 Å². The first-order valence-corrected chi connectivity index (χ1v) is 11.2. The fourth-order valence-electron chi connectivity index (χ4n) is 3.57. The Labute approximate surface area is 185 Å². The fraction of sp³-hybridized carbons (Fsp3) is 0.286. The summed E-state index contributed by atoms with van der Waals surface area (Å²) in [4.78, 5) is 15.7. The molecular weight excluding hydrogens is 508 g/mol. The molecular formula is C21H19Br2ClN2O2. The number of nitrogens with one attached hydrogen (secondary N) is 2. The summed E-state index contributed by atoms with van der Waals surface area (Å²) < 4.78 is 7.74. The van der Waals surface area contributed by atoms with Gasteiger partial charge < -0.3 is 15.0 Å². The maximum absolute atomic E-state index is 12.4. The van der Waals surface area contributed by atoms with Crippen molar-refractivity contribution in [3.8, 4) is 5.75 Å². The van der Waals surface area contributed by atoms with Crippen LogP contribution in [0.3, 0.4) is 0 Å². The molecule has 2 aromatic carbocycles. The van der Waals surface area contributed by atoms with Crippen LogP contribution in [0, 0.1) is 5.92 Å². The minimum atomic E-state index is 0.104. The molecule has 1 heterocycles. The third-order valence-corrected chi connectivity index (χ3v) is 6.61. The number of aromatic nitrogens is 1. The Morgan fingerprint density at radius 3 is 2.71 bits per heavy atom. The summed E-state index contributed by atoms with van der Waals surface area (Å²) in [5, 5.41) is 4.52. The van der Waals surface area contributed by atoms with Gasteiger partial charge in [-0.2, -0.15) is 0 Å². The van der Waals surface area contributed by atoms with E-state index >= 15 is 0 Å². The van der Waals surface area contributed by atoms with Gasteiger partial charge in [-0.1, -0.05) is 40.4 Å². The van der Waals surface area contributed by atoms with E-state index in [1.165, 1.54) is 0 Å². The van der Waals surface area contributed by atoms with Gasteiger partial charge in [0, 0.05) is 27.0 Å². The Morgan fingerprint density at radius 1 is 1.18 bits per heavy atom. The van der Waals surface area contributed by atoms with Crippen LogP contribution in [0.1, 0.15) is 31.4 Å². The lowest BCUT2D eigenvalue weighted by Crippen LogP contribution is -2.20. The van der Waals surface area contributed by atoms with Crippen LogP contribution in [0.15, 0.2) is 45.3 Å².